The van der Waals surface area contributed by atoms with E-state index in [0.29, 0.717) is 5.69 Å². The van der Waals surface area contributed by atoms with Gasteiger partial charge in [-0.2, -0.15) is 0 Å². The van der Waals surface area contributed by atoms with E-state index in [9.17, 15) is 14.4 Å². The molecule has 0 spiro atoms. The van der Waals surface area contributed by atoms with E-state index in [1.165, 1.54) is 0 Å². The number of amides is 3. The number of imide groups is 1. The summed E-state index contributed by atoms with van der Waals surface area (Å²) >= 11 is 14.7. The number of nitrogens with one attached hydrogen (secondary N) is 1. The lowest BCUT2D eigenvalue weighted by molar-refractivity contribution is -0.142. The summed E-state index contributed by atoms with van der Waals surface area (Å²) in [7, 11) is 0. The van der Waals surface area contributed by atoms with Crippen molar-refractivity contribution >= 4 is 46.6 Å². The number of nitrogens with zero attached hydrogens (tertiary/aromatic N) is 1. The maximum Gasteiger partial charge on any atom is 0.244 e. The number of likely N-dealkylation sites (tertiary alicyclic amines) is 1. The highest BCUT2D eigenvalue weighted by atomic mass is 35.5. The largest absolute Gasteiger partial charge is 0.325 e. The Morgan fingerprint density at radius 2 is 1.12 bits per heavy atom. The van der Waals surface area contributed by atoms with Crippen molar-refractivity contribution in [3.63, 3.8) is 0 Å². The lowest BCUT2D eigenvalue weighted by Crippen LogP contribution is -2.57. The summed E-state index contributed by atoms with van der Waals surface area (Å²) in [6.07, 6.45) is 0. The third-order valence-corrected chi connectivity index (χ3v) is 8.32. The predicted octanol–water partition coefficient (Wildman–Crippen LogP) is 4.22. The fourth-order valence-corrected chi connectivity index (χ4v) is 6.84. The van der Waals surface area contributed by atoms with E-state index in [4.69, 9.17) is 23.2 Å². The zero-order chi connectivity index (χ0) is 23.0. The number of hydrogen-bond donors (Lipinski definition) is 1. The van der Waals surface area contributed by atoms with Crippen molar-refractivity contribution < 1.29 is 14.4 Å². The summed E-state index contributed by atoms with van der Waals surface area (Å²) in [5.74, 6) is -3.22. The van der Waals surface area contributed by atoms with Gasteiger partial charge >= 0.3 is 0 Å². The number of anilines is 1. The van der Waals surface area contributed by atoms with Crippen LogP contribution in [-0.2, 0) is 24.1 Å². The van der Waals surface area contributed by atoms with Gasteiger partial charge in [-0.05, 0) is 34.4 Å². The lowest BCUT2D eigenvalue weighted by atomic mass is 9.54. The fraction of sp³-hybridized carbons (Fsp3) is 0.192. The molecule has 0 saturated carbocycles. The molecule has 1 fully saturated rings. The number of carbonyl (C=O) groups excluding carboxylic acids is 3. The molecule has 1 saturated heterocycles. The van der Waals surface area contributed by atoms with Crippen LogP contribution >= 0.6 is 23.2 Å². The Kier molecular flexibility index (Phi) is 4.29. The summed E-state index contributed by atoms with van der Waals surface area (Å²) in [5, 5.41) is 2.73. The summed E-state index contributed by atoms with van der Waals surface area (Å²) in [6.45, 7) is -0.397. The van der Waals surface area contributed by atoms with E-state index in [2.05, 4.69) is 5.32 Å². The average Bonchev–Trinajstić information content (AvgIpc) is 3.09. The minimum absolute atomic E-state index is 0.397. The summed E-state index contributed by atoms with van der Waals surface area (Å²) in [6, 6.07) is 23.8. The first-order valence-electron chi connectivity index (χ1n) is 10.7. The molecular weight excluding hydrogens is 459 g/mol. The standard InChI is InChI=1S/C26H18Cl2N2O3/c27-25-16-10-4-5-11-17(16)26(28,19-13-7-6-12-18(19)25)22-21(25)23(32)30(24(22)33)14-20(31)29-15-8-2-1-3-9-15/h1-13,21-22H,14H2,(H,29,31)/t21-,22+,25?,26?. The predicted molar refractivity (Wildman–Crippen MR) is 125 cm³/mol. The van der Waals surface area contributed by atoms with Gasteiger partial charge in [0.15, 0.2) is 0 Å². The molecule has 3 amide bonds. The number of para-hydroxylation sites is 1. The van der Waals surface area contributed by atoms with Crippen LogP contribution in [0.4, 0.5) is 5.69 Å². The van der Waals surface area contributed by atoms with Gasteiger partial charge in [-0.1, -0.05) is 66.7 Å². The zero-order valence-corrected chi connectivity index (χ0v) is 18.8. The highest BCUT2D eigenvalue weighted by Crippen LogP contribution is 2.69. The second-order valence-electron chi connectivity index (χ2n) is 8.65. The lowest BCUT2D eigenvalue weighted by Gasteiger charge is -2.54. The van der Waals surface area contributed by atoms with E-state index in [1.54, 1.807) is 24.3 Å². The molecule has 1 heterocycles. The van der Waals surface area contributed by atoms with Gasteiger partial charge in [0.2, 0.25) is 17.7 Å². The minimum Gasteiger partial charge on any atom is -0.325 e. The number of benzene rings is 3. The smallest absolute Gasteiger partial charge is 0.244 e. The summed E-state index contributed by atoms with van der Waals surface area (Å²) in [5.41, 5.74) is 3.52. The minimum atomic E-state index is -1.24. The second kappa shape index (κ2) is 6.92. The van der Waals surface area contributed by atoms with E-state index >= 15 is 0 Å². The maximum atomic E-state index is 13.7. The van der Waals surface area contributed by atoms with Gasteiger partial charge in [0.1, 0.15) is 16.3 Å². The molecular formula is C26H18Cl2N2O3. The van der Waals surface area contributed by atoms with Crippen molar-refractivity contribution in [3.05, 3.63) is 101 Å². The molecule has 3 aromatic rings. The molecule has 2 atom stereocenters. The molecule has 0 unspecified atom stereocenters. The van der Waals surface area contributed by atoms with Crippen molar-refractivity contribution in [2.24, 2.45) is 11.8 Å². The molecule has 2 bridgehead atoms. The van der Waals surface area contributed by atoms with Gasteiger partial charge in [0.25, 0.3) is 0 Å². The number of halogens is 2. The monoisotopic (exact) mass is 476 g/mol. The van der Waals surface area contributed by atoms with Gasteiger partial charge in [-0.15, -0.1) is 23.2 Å². The quantitative estimate of drug-likeness (QED) is 0.454. The molecule has 0 aromatic heterocycles. The van der Waals surface area contributed by atoms with Crippen LogP contribution in [0.2, 0.25) is 0 Å². The molecule has 3 aromatic carbocycles. The zero-order valence-electron chi connectivity index (χ0n) is 17.3. The summed E-state index contributed by atoms with van der Waals surface area (Å²) in [4.78, 5) is 38.6. The highest BCUT2D eigenvalue weighted by Gasteiger charge is 2.73. The Morgan fingerprint density at radius 3 is 1.55 bits per heavy atom. The SMILES string of the molecule is O=C(CN1C(=O)[C@@H]2[C@H](C1=O)C1(Cl)c3ccccc3C2(Cl)c2ccccc21)Nc1ccccc1. The number of carbonyl (C=O) groups is 3. The van der Waals surface area contributed by atoms with Gasteiger partial charge in [0.05, 0.1) is 11.8 Å². The molecule has 4 aliphatic rings. The maximum absolute atomic E-state index is 13.7. The number of rotatable bonds is 3. The first-order valence-corrected chi connectivity index (χ1v) is 11.4. The molecule has 164 valence electrons. The Bertz CT molecular complexity index is 1220. The van der Waals surface area contributed by atoms with Crippen LogP contribution in [0.3, 0.4) is 0 Å². The van der Waals surface area contributed by atoms with Crippen LogP contribution in [0.1, 0.15) is 22.3 Å². The molecule has 33 heavy (non-hydrogen) atoms. The van der Waals surface area contributed by atoms with Crippen LogP contribution in [-0.4, -0.2) is 29.2 Å². The Morgan fingerprint density at radius 1 is 0.727 bits per heavy atom. The van der Waals surface area contributed by atoms with E-state index in [-0.39, 0.29) is 0 Å². The van der Waals surface area contributed by atoms with Crippen LogP contribution in [0.5, 0.6) is 0 Å². The van der Waals surface area contributed by atoms with Crippen molar-refractivity contribution in [3.8, 4) is 0 Å². The van der Waals surface area contributed by atoms with Crippen LogP contribution < -0.4 is 5.32 Å². The molecule has 0 radical (unpaired) electrons. The van der Waals surface area contributed by atoms with Gasteiger partial charge in [0, 0.05) is 5.69 Å². The van der Waals surface area contributed by atoms with Crippen molar-refractivity contribution in [1.82, 2.24) is 4.90 Å². The molecule has 7 rings (SSSR count). The molecule has 3 aliphatic carbocycles. The summed E-state index contributed by atoms with van der Waals surface area (Å²) < 4.78 is 0. The molecule has 5 nitrogen and oxygen atoms in total. The third kappa shape index (κ3) is 2.52. The van der Waals surface area contributed by atoms with Crippen molar-refractivity contribution in [1.29, 1.82) is 0 Å². The van der Waals surface area contributed by atoms with Gasteiger partial charge in [-0.25, -0.2) is 0 Å². The van der Waals surface area contributed by atoms with E-state index < -0.39 is 45.9 Å². The normalized spacial score (nSPS) is 28.8. The molecule has 7 heteroatoms. The molecule has 1 aliphatic heterocycles. The van der Waals surface area contributed by atoms with Crippen molar-refractivity contribution in [2.45, 2.75) is 9.75 Å². The van der Waals surface area contributed by atoms with Crippen LogP contribution in [0.25, 0.3) is 0 Å². The van der Waals surface area contributed by atoms with E-state index in [0.717, 1.165) is 27.2 Å². The van der Waals surface area contributed by atoms with Gasteiger partial charge < -0.3 is 5.32 Å². The average molecular weight is 477 g/mol. The second-order valence-corrected chi connectivity index (χ2v) is 9.84. The fourth-order valence-electron chi connectivity index (χ4n) is 5.75. The van der Waals surface area contributed by atoms with Gasteiger partial charge in [-0.3, -0.25) is 19.3 Å². The Hall–Kier alpha value is -3.15. The number of alkyl halides is 2. The highest BCUT2D eigenvalue weighted by molar-refractivity contribution is 6.36. The van der Waals surface area contributed by atoms with Crippen LogP contribution in [0.15, 0.2) is 78.9 Å². The Balaban J connectivity index is 1.45. The number of hydrogen-bond acceptors (Lipinski definition) is 3. The molecule has 1 N–H and O–H groups in total. The Labute approximate surface area is 200 Å². The van der Waals surface area contributed by atoms with E-state index in [1.807, 2.05) is 54.6 Å². The first-order chi connectivity index (χ1) is 15.9. The topological polar surface area (TPSA) is 66.5 Å². The third-order valence-electron chi connectivity index (χ3n) is 7.04. The first kappa shape index (κ1) is 20.5. The van der Waals surface area contributed by atoms with Crippen molar-refractivity contribution in [2.75, 3.05) is 11.9 Å². The van der Waals surface area contributed by atoms with Crippen LogP contribution in [0, 0.1) is 11.8 Å².